The number of ether oxygens (including phenoxy) is 2. The summed E-state index contributed by atoms with van der Waals surface area (Å²) in [6.07, 6.45) is 0.413. The summed E-state index contributed by atoms with van der Waals surface area (Å²) in [4.78, 5) is 68.8. The van der Waals surface area contributed by atoms with Crippen LogP contribution in [0.1, 0.15) is 75.0 Å². The molecule has 0 unspecified atom stereocenters. The minimum atomic E-state index is -1.50. The number of unbranched alkanes of at least 4 members (excludes halogenated alkanes) is 1. The Kier molecular flexibility index (Phi) is 8.42. The van der Waals surface area contributed by atoms with Gasteiger partial charge in [0.15, 0.2) is 0 Å². The quantitative estimate of drug-likeness (QED) is 0.274. The van der Waals surface area contributed by atoms with Crippen LogP contribution in [0.4, 0.5) is 0 Å². The van der Waals surface area contributed by atoms with Gasteiger partial charge in [0.25, 0.3) is 0 Å². The van der Waals surface area contributed by atoms with Gasteiger partial charge in [-0.05, 0) is 49.2 Å². The normalized spacial score (nSPS) is 10.2. The first-order valence-corrected chi connectivity index (χ1v) is 9.58. The van der Waals surface area contributed by atoms with Crippen LogP contribution < -0.4 is 0 Å². The Bertz CT molecular complexity index is 1070. The monoisotopic (exact) mass is 474 g/mol. The second-order valence-electron chi connectivity index (χ2n) is 6.72. The van der Waals surface area contributed by atoms with Gasteiger partial charge in [-0.2, -0.15) is 0 Å². The van der Waals surface area contributed by atoms with Gasteiger partial charge in [-0.15, -0.1) is 0 Å². The molecule has 0 fully saturated rings. The number of carboxylic acids is 4. The van der Waals surface area contributed by atoms with Crippen molar-refractivity contribution in [3.63, 3.8) is 0 Å². The maximum absolute atomic E-state index is 12.1. The molecule has 0 bridgehead atoms. The fourth-order valence-electron chi connectivity index (χ4n) is 2.75. The van der Waals surface area contributed by atoms with Crippen LogP contribution in [-0.4, -0.2) is 69.5 Å². The highest BCUT2D eigenvalue weighted by molar-refractivity contribution is 6.05. The fourth-order valence-corrected chi connectivity index (χ4v) is 2.75. The molecule has 34 heavy (non-hydrogen) atoms. The maximum atomic E-state index is 12.1. The zero-order valence-electron chi connectivity index (χ0n) is 17.3. The summed E-state index contributed by atoms with van der Waals surface area (Å²) in [5, 5.41) is 36.2. The number of hydrogen-bond donors (Lipinski definition) is 4. The topological polar surface area (TPSA) is 202 Å². The molecule has 2 rings (SSSR count). The number of carbonyl (C=O) groups is 6. The minimum absolute atomic E-state index is 0.163. The lowest BCUT2D eigenvalue weighted by molar-refractivity contribution is 0.0427. The van der Waals surface area contributed by atoms with E-state index in [4.69, 9.17) is 19.7 Å². The third-order valence-corrected chi connectivity index (χ3v) is 4.44. The Hall–Kier alpha value is -4.74. The number of benzene rings is 2. The van der Waals surface area contributed by atoms with E-state index in [0.29, 0.717) is 0 Å². The number of hydrogen-bond acceptors (Lipinski definition) is 8. The lowest BCUT2D eigenvalue weighted by Gasteiger charge is -2.09. The van der Waals surface area contributed by atoms with Crippen LogP contribution in [0, 0.1) is 0 Å². The SMILES string of the molecule is O=C(O)c1ccc(C(=O)OCCCCOC(=O)c2ccc(C(=O)O)cc2C(=O)O)c(C(=O)O)c1. The molecule has 0 aromatic heterocycles. The summed E-state index contributed by atoms with van der Waals surface area (Å²) in [7, 11) is 0. The first-order valence-electron chi connectivity index (χ1n) is 9.58. The summed E-state index contributed by atoms with van der Waals surface area (Å²) in [6, 6.07) is 5.89. The summed E-state index contributed by atoms with van der Waals surface area (Å²) in [5.41, 5.74) is -2.31. The molecule has 0 saturated heterocycles. The van der Waals surface area contributed by atoms with Gasteiger partial charge in [-0.1, -0.05) is 0 Å². The highest BCUT2D eigenvalue weighted by atomic mass is 16.5. The Balaban J connectivity index is 1.87. The van der Waals surface area contributed by atoms with Crippen LogP contribution >= 0.6 is 0 Å². The van der Waals surface area contributed by atoms with Crippen molar-refractivity contribution in [2.24, 2.45) is 0 Å². The Morgan fingerprint density at radius 1 is 0.529 bits per heavy atom. The highest BCUT2D eigenvalue weighted by Gasteiger charge is 2.21. The fraction of sp³-hybridized carbons (Fsp3) is 0.182. The van der Waals surface area contributed by atoms with Crippen LogP contribution in [0.5, 0.6) is 0 Å². The molecule has 4 N–H and O–H groups in total. The van der Waals surface area contributed by atoms with Crippen LogP contribution in [-0.2, 0) is 9.47 Å². The maximum Gasteiger partial charge on any atom is 0.339 e. The Labute approximate surface area is 191 Å². The van der Waals surface area contributed by atoms with Crippen molar-refractivity contribution in [3.05, 3.63) is 69.8 Å². The third kappa shape index (κ3) is 6.38. The van der Waals surface area contributed by atoms with Crippen LogP contribution in [0.15, 0.2) is 36.4 Å². The molecule has 178 valence electrons. The van der Waals surface area contributed by atoms with E-state index < -0.39 is 46.9 Å². The molecule has 0 radical (unpaired) electrons. The predicted octanol–water partition coefficient (Wildman–Crippen LogP) is 2.27. The van der Waals surface area contributed by atoms with Gasteiger partial charge in [0.1, 0.15) is 0 Å². The van der Waals surface area contributed by atoms with Gasteiger partial charge in [0.2, 0.25) is 0 Å². The minimum Gasteiger partial charge on any atom is -0.478 e. The number of aromatic carboxylic acids is 4. The molecule has 2 aromatic rings. The second-order valence-corrected chi connectivity index (χ2v) is 6.72. The van der Waals surface area contributed by atoms with Crippen LogP contribution in [0.3, 0.4) is 0 Å². The average Bonchev–Trinajstić information content (AvgIpc) is 2.79. The van der Waals surface area contributed by atoms with Crippen molar-refractivity contribution in [2.45, 2.75) is 12.8 Å². The second kappa shape index (κ2) is 11.2. The number of esters is 2. The molecular weight excluding hydrogens is 456 g/mol. The van der Waals surface area contributed by atoms with Gasteiger partial charge in [-0.3, -0.25) is 0 Å². The molecule has 0 saturated carbocycles. The molecule has 0 atom stereocenters. The third-order valence-electron chi connectivity index (χ3n) is 4.44. The van der Waals surface area contributed by atoms with Gasteiger partial charge < -0.3 is 29.9 Å². The van der Waals surface area contributed by atoms with E-state index in [0.717, 1.165) is 36.4 Å². The molecule has 0 aliphatic heterocycles. The van der Waals surface area contributed by atoms with Gasteiger partial charge >= 0.3 is 35.8 Å². The largest absolute Gasteiger partial charge is 0.478 e. The molecule has 0 heterocycles. The number of carbonyl (C=O) groups excluding carboxylic acids is 2. The molecule has 0 spiro atoms. The first kappa shape index (κ1) is 25.5. The predicted molar refractivity (Wildman–Crippen MR) is 111 cm³/mol. The lowest BCUT2D eigenvalue weighted by Crippen LogP contribution is -2.15. The summed E-state index contributed by atoms with van der Waals surface area (Å²) < 4.78 is 9.95. The van der Waals surface area contributed by atoms with Gasteiger partial charge in [0, 0.05) is 0 Å². The van der Waals surface area contributed by atoms with Crippen molar-refractivity contribution in [1.29, 1.82) is 0 Å². The number of rotatable bonds is 11. The van der Waals surface area contributed by atoms with Crippen LogP contribution in [0.2, 0.25) is 0 Å². The van der Waals surface area contributed by atoms with Gasteiger partial charge in [-0.25, -0.2) is 28.8 Å². The molecule has 12 heteroatoms. The van der Waals surface area contributed by atoms with Crippen molar-refractivity contribution in [1.82, 2.24) is 0 Å². The molecule has 0 amide bonds. The molecule has 2 aromatic carbocycles. The van der Waals surface area contributed by atoms with Crippen molar-refractivity contribution in [2.75, 3.05) is 13.2 Å². The summed E-state index contributed by atoms with van der Waals surface area (Å²) in [5.74, 6) is -7.67. The summed E-state index contributed by atoms with van der Waals surface area (Å²) >= 11 is 0. The number of carboxylic acid groups (broad SMARTS) is 4. The standard InChI is InChI=1S/C22H18O12/c23-17(24)11-3-5-13(15(9-11)19(27)28)21(31)33-7-1-2-8-34-22(32)14-6-4-12(18(25)26)10-16(14)20(29)30/h3-6,9-10H,1-2,7-8H2,(H,23,24)(H,25,26)(H,27,28)(H,29,30). The first-order chi connectivity index (χ1) is 16.0. The van der Waals surface area contributed by atoms with E-state index >= 15 is 0 Å². The smallest absolute Gasteiger partial charge is 0.339 e. The van der Waals surface area contributed by atoms with E-state index in [-0.39, 0.29) is 48.3 Å². The Morgan fingerprint density at radius 3 is 1.18 bits per heavy atom. The molecular formula is C22H18O12. The van der Waals surface area contributed by atoms with Crippen molar-refractivity contribution in [3.8, 4) is 0 Å². The Morgan fingerprint density at radius 2 is 0.882 bits per heavy atom. The van der Waals surface area contributed by atoms with Gasteiger partial charge in [0.05, 0.1) is 46.6 Å². The van der Waals surface area contributed by atoms with E-state index in [1.165, 1.54) is 0 Å². The molecule has 0 aliphatic carbocycles. The lowest BCUT2D eigenvalue weighted by atomic mass is 10.0. The summed E-state index contributed by atoms with van der Waals surface area (Å²) in [6.45, 7) is -0.326. The van der Waals surface area contributed by atoms with Crippen LogP contribution in [0.25, 0.3) is 0 Å². The zero-order chi connectivity index (χ0) is 25.4. The average molecular weight is 474 g/mol. The van der Waals surface area contributed by atoms with E-state index in [1.54, 1.807) is 0 Å². The van der Waals surface area contributed by atoms with Crippen molar-refractivity contribution >= 4 is 35.8 Å². The van der Waals surface area contributed by atoms with E-state index in [2.05, 4.69) is 0 Å². The highest BCUT2D eigenvalue weighted by Crippen LogP contribution is 2.16. The molecule has 12 nitrogen and oxygen atoms in total. The van der Waals surface area contributed by atoms with E-state index in [1.807, 2.05) is 0 Å². The van der Waals surface area contributed by atoms with E-state index in [9.17, 15) is 39.0 Å². The zero-order valence-corrected chi connectivity index (χ0v) is 17.3. The van der Waals surface area contributed by atoms with Crippen molar-refractivity contribution < 1.29 is 58.7 Å². The molecule has 0 aliphatic rings.